The standard InChI is InChI=1S/C32H38N8O3/c1-20-35-30(39-43-20)28-14-13-25(17-33-28)40-15-5-8-24(19-40)36-26-9-2-3-10-27(26)38-32-34-18-29(42-32)21-6-4-7-22(16-21)31(41)37-23-11-12-23/h4,6-7,13-14,16-18,23-24,26-27,36H,2-3,5,8-12,15,19H2,1H3,(H,34,38)(H,37,41). The number of hydrogen-bond donors (Lipinski definition) is 3. The largest absolute Gasteiger partial charge is 0.424 e. The van der Waals surface area contributed by atoms with E-state index in [9.17, 15) is 4.79 Å². The lowest BCUT2D eigenvalue weighted by Crippen LogP contribution is -2.54. The highest BCUT2D eigenvalue weighted by atomic mass is 16.5. The second kappa shape index (κ2) is 12.2. The van der Waals surface area contributed by atoms with E-state index in [0.29, 0.717) is 52.9 Å². The molecule has 224 valence electrons. The summed E-state index contributed by atoms with van der Waals surface area (Å²) in [6.45, 7) is 3.72. The van der Waals surface area contributed by atoms with Gasteiger partial charge < -0.3 is 29.8 Å². The van der Waals surface area contributed by atoms with Gasteiger partial charge in [-0.25, -0.2) is 4.98 Å². The maximum absolute atomic E-state index is 12.5. The molecule has 0 spiro atoms. The number of anilines is 2. The molecule has 43 heavy (non-hydrogen) atoms. The van der Waals surface area contributed by atoms with Crippen LogP contribution in [0.2, 0.25) is 0 Å². The van der Waals surface area contributed by atoms with E-state index in [1.165, 1.54) is 12.8 Å². The highest BCUT2D eigenvalue weighted by Gasteiger charge is 2.30. The molecule has 4 aromatic rings. The first kappa shape index (κ1) is 27.6. The van der Waals surface area contributed by atoms with Gasteiger partial charge in [-0.15, -0.1) is 0 Å². The van der Waals surface area contributed by atoms with Crippen LogP contribution in [0.5, 0.6) is 0 Å². The maximum Gasteiger partial charge on any atom is 0.295 e. The number of benzene rings is 1. The molecule has 0 bridgehead atoms. The molecular weight excluding hydrogens is 544 g/mol. The van der Waals surface area contributed by atoms with Crippen molar-refractivity contribution in [1.82, 2.24) is 30.7 Å². The van der Waals surface area contributed by atoms with E-state index >= 15 is 0 Å². The zero-order chi connectivity index (χ0) is 29.2. The number of piperidine rings is 1. The first-order chi connectivity index (χ1) is 21.1. The van der Waals surface area contributed by atoms with Gasteiger partial charge in [-0.05, 0) is 62.8 Å². The molecule has 1 aromatic carbocycles. The van der Waals surface area contributed by atoms with E-state index in [4.69, 9.17) is 8.94 Å². The molecular formula is C32H38N8O3. The van der Waals surface area contributed by atoms with Crippen LogP contribution in [0.25, 0.3) is 22.8 Å². The van der Waals surface area contributed by atoms with Crippen molar-refractivity contribution in [2.75, 3.05) is 23.3 Å². The van der Waals surface area contributed by atoms with Crippen LogP contribution in [0.3, 0.4) is 0 Å². The van der Waals surface area contributed by atoms with Crippen LogP contribution in [0.1, 0.15) is 67.6 Å². The van der Waals surface area contributed by atoms with Gasteiger partial charge in [-0.1, -0.05) is 30.1 Å². The summed E-state index contributed by atoms with van der Waals surface area (Å²) in [6.07, 6.45) is 12.6. The SMILES string of the molecule is Cc1nc(-c2ccc(N3CCCC(NC4CCCCC4Nc4ncc(-c5cccc(C(=O)NC6CC6)c5)o4)C3)cn2)no1. The van der Waals surface area contributed by atoms with E-state index in [2.05, 4.69) is 47.0 Å². The van der Waals surface area contributed by atoms with Crippen molar-refractivity contribution < 1.29 is 13.7 Å². The van der Waals surface area contributed by atoms with Gasteiger partial charge in [0.2, 0.25) is 11.7 Å². The lowest BCUT2D eigenvalue weighted by atomic mass is 9.89. The van der Waals surface area contributed by atoms with Gasteiger partial charge in [0, 0.05) is 55.3 Å². The molecule has 11 nitrogen and oxygen atoms in total. The average Bonchev–Trinajstić information content (AvgIpc) is 3.54. The van der Waals surface area contributed by atoms with Crippen LogP contribution in [-0.4, -0.2) is 63.3 Å². The van der Waals surface area contributed by atoms with Gasteiger partial charge >= 0.3 is 0 Å². The third-order valence-electron chi connectivity index (χ3n) is 8.64. The number of carbonyl (C=O) groups is 1. The van der Waals surface area contributed by atoms with Crippen molar-refractivity contribution in [2.24, 2.45) is 0 Å². The molecule has 3 aliphatic rings. The summed E-state index contributed by atoms with van der Waals surface area (Å²) in [4.78, 5) is 28.4. The lowest BCUT2D eigenvalue weighted by Gasteiger charge is -2.40. The smallest absolute Gasteiger partial charge is 0.295 e. The van der Waals surface area contributed by atoms with Crippen LogP contribution in [0.4, 0.5) is 11.7 Å². The van der Waals surface area contributed by atoms with Crippen molar-refractivity contribution in [1.29, 1.82) is 0 Å². The number of hydrogen-bond acceptors (Lipinski definition) is 10. The molecule has 2 saturated carbocycles. The van der Waals surface area contributed by atoms with Crippen molar-refractivity contribution in [3.05, 3.63) is 60.2 Å². The zero-order valence-corrected chi connectivity index (χ0v) is 24.5. The summed E-state index contributed by atoms with van der Waals surface area (Å²) >= 11 is 0. The first-order valence-electron chi connectivity index (χ1n) is 15.5. The minimum atomic E-state index is -0.0354. The second-order valence-corrected chi connectivity index (χ2v) is 12.0. The Morgan fingerprint density at radius 1 is 0.953 bits per heavy atom. The molecule has 11 heteroatoms. The van der Waals surface area contributed by atoms with Crippen LogP contribution >= 0.6 is 0 Å². The molecule has 4 heterocycles. The van der Waals surface area contributed by atoms with Crippen LogP contribution in [-0.2, 0) is 0 Å². The monoisotopic (exact) mass is 582 g/mol. The van der Waals surface area contributed by atoms with Gasteiger partial charge in [0.15, 0.2) is 5.76 Å². The molecule has 3 fully saturated rings. The van der Waals surface area contributed by atoms with Crippen LogP contribution in [0.15, 0.2) is 57.7 Å². The molecule has 3 aromatic heterocycles. The lowest BCUT2D eigenvalue weighted by molar-refractivity contribution is 0.0951. The molecule has 1 amide bonds. The number of oxazole rings is 1. The van der Waals surface area contributed by atoms with Gasteiger partial charge in [0.1, 0.15) is 5.69 Å². The Hall–Kier alpha value is -4.25. The molecule has 3 atom stereocenters. The van der Waals surface area contributed by atoms with Gasteiger partial charge in [0.05, 0.1) is 18.1 Å². The van der Waals surface area contributed by atoms with E-state index in [-0.39, 0.29) is 11.9 Å². The third kappa shape index (κ3) is 6.56. The quantitative estimate of drug-likeness (QED) is 0.248. The topological polar surface area (TPSA) is 134 Å². The number of rotatable bonds is 9. The molecule has 3 unspecified atom stereocenters. The number of pyridine rings is 1. The van der Waals surface area contributed by atoms with E-state index in [1.54, 1.807) is 13.1 Å². The number of aromatic nitrogens is 4. The summed E-state index contributed by atoms with van der Waals surface area (Å²) in [7, 11) is 0. The van der Waals surface area contributed by atoms with Crippen LogP contribution in [0, 0.1) is 6.92 Å². The molecule has 0 radical (unpaired) electrons. The van der Waals surface area contributed by atoms with Gasteiger partial charge in [0.25, 0.3) is 11.9 Å². The second-order valence-electron chi connectivity index (χ2n) is 12.0. The molecule has 7 rings (SSSR count). The van der Waals surface area contributed by atoms with Gasteiger partial charge in [-0.2, -0.15) is 4.98 Å². The summed E-state index contributed by atoms with van der Waals surface area (Å²) in [6, 6.07) is 13.4. The van der Waals surface area contributed by atoms with E-state index in [1.807, 2.05) is 36.5 Å². The first-order valence-corrected chi connectivity index (χ1v) is 15.5. The van der Waals surface area contributed by atoms with E-state index < -0.39 is 0 Å². The average molecular weight is 583 g/mol. The number of carbonyl (C=O) groups excluding carboxylic acids is 1. The summed E-state index contributed by atoms with van der Waals surface area (Å²) in [5.41, 5.74) is 3.31. The predicted molar refractivity (Wildman–Crippen MR) is 163 cm³/mol. The maximum atomic E-state index is 12.5. The number of nitrogens with one attached hydrogen (secondary N) is 3. The highest BCUT2D eigenvalue weighted by molar-refractivity contribution is 5.95. The third-order valence-corrected chi connectivity index (χ3v) is 8.64. The van der Waals surface area contributed by atoms with E-state index in [0.717, 1.165) is 62.9 Å². The van der Waals surface area contributed by atoms with Gasteiger partial charge in [-0.3, -0.25) is 9.78 Å². The molecule has 3 N–H and O–H groups in total. The van der Waals surface area contributed by atoms with Crippen molar-refractivity contribution >= 4 is 17.6 Å². The number of amides is 1. The minimum absolute atomic E-state index is 0.0354. The summed E-state index contributed by atoms with van der Waals surface area (Å²) in [5.74, 6) is 1.66. The fourth-order valence-corrected chi connectivity index (χ4v) is 6.21. The normalized spacial score (nSPS) is 22.3. The Balaban J connectivity index is 0.972. The summed E-state index contributed by atoms with van der Waals surface area (Å²) in [5, 5.41) is 14.6. The summed E-state index contributed by atoms with van der Waals surface area (Å²) < 4.78 is 11.2. The zero-order valence-electron chi connectivity index (χ0n) is 24.5. The minimum Gasteiger partial charge on any atom is -0.424 e. The Kier molecular flexibility index (Phi) is 7.80. The molecule has 1 saturated heterocycles. The number of aryl methyl sites for hydroxylation is 1. The Bertz CT molecular complexity index is 1550. The molecule has 1 aliphatic heterocycles. The Morgan fingerprint density at radius 2 is 1.84 bits per heavy atom. The predicted octanol–water partition coefficient (Wildman–Crippen LogP) is 4.97. The Labute approximate surface area is 250 Å². The fraction of sp³-hybridized carbons (Fsp3) is 0.469. The van der Waals surface area contributed by atoms with Crippen molar-refractivity contribution in [3.63, 3.8) is 0 Å². The highest BCUT2D eigenvalue weighted by Crippen LogP contribution is 2.29. The number of nitrogens with zero attached hydrogens (tertiary/aromatic N) is 5. The Morgan fingerprint density at radius 3 is 2.63 bits per heavy atom. The van der Waals surface area contributed by atoms with Crippen LogP contribution < -0.4 is 20.9 Å². The van der Waals surface area contributed by atoms with Crippen molar-refractivity contribution in [3.8, 4) is 22.8 Å². The molecule has 2 aliphatic carbocycles. The fourth-order valence-electron chi connectivity index (χ4n) is 6.21. The van der Waals surface area contributed by atoms with Crippen molar-refractivity contribution in [2.45, 2.75) is 82.5 Å².